The van der Waals surface area contributed by atoms with Gasteiger partial charge in [0, 0.05) is 11.8 Å². The number of nitrogens with one attached hydrogen (secondary N) is 1. The molecule has 26 heavy (non-hydrogen) atoms. The van der Waals surface area contributed by atoms with Gasteiger partial charge >= 0.3 is 6.61 Å². The predicted octanol–water partition coefficient (Wildman–Crippen LogP) is 3.73. The molecular weight excluding hydrogens is 370 g/mol. The van der Waals surface area contributed by atoms with Gasteiger partial charge in [-0.3, -0.25) is 9.48 Å². The fourth-order valence-electron chi connectivity index (χ4n) is 2.29. The number of carbonyl (C=O) groups is 1. The molecule has 0 saturated heterocycles. The summed E-state index contributed by atoms with van der Waals surface area (Å²) in [6, 6.07) is 5.85. The first-order valence-electron chi connectivity index (χ1n) is 7.42. The number of carbonyl (C=O) groups excluding carboxylic acids is 1. The lowest BCUT2D eigenvalue weighted by Gasteiger charge is -2.11. The maximum atomic E-state index is 12.5. The zero-order valence-corrected chi connectivity index (χ0v) is 14.2. The van der Waals surface area contributed by atoms with Crippen LogP contribution < -0.4 is 10.1 Å². The van der Waals surface area contributed by atoms with E-state index in [4.69, 9.17) is 16.1 Å². The van der Waals surface area contributed by atoms with Crippen molar-refractivity contribution < 1.29 is 22.8 Å². The molecule has 2 heterocycles. The summed E-state index contributed by atoms with van der Waals surface area (Å²) in [6.45, 7) is -1.15. The Labute approximate surface area is 151 Å². The summed E-state index contributed by atoms with van der Waals surface area (Å²) < 4.78 is 36.0. The molecule has 0 aliphatic rings. The van der Waals surface area contributed by atoms with Crippen molar-refractivity contribution in [2.45, 2.75) is 20.1 Å². The van der Waals surface area contributed by atoms with Crippen LogP contribution in [0.25, 0.3) is 0 Å². The molecule has 0 saturated carbocycles. The smallest absolute Gasteiger partial charge is 0.387 e. The van der Waals surface area contributed by atoms with Crippen molar-refractivity contribution in [1.29, 1.82) is 0 Å². The lowest BCUT2D eigenvalue weighted by molar-refractivity contribution is -0.0493. The Balaban J connectivity index is 1.83. The SMILES string of the molecule is Cc1onc(C(=O)Nc2ccccc2OC(F)F)c1Cn1cc(Cl)cn1. The summed E-state index contributed by atoms with van der Waals surface area (Å²) in [6.07, 6.45) is 3.05. The maximum Gasteiger partial charge on any atom is 0.387 e. The van der Waals surface area contributed by atoms with Crippen molar-refractivity contribution in [3.63, 3.8) is 0 Å². The minimum absolute atomic E-state index is 0.0148. The minimum Gasteiger partial charge on any atom is -0.433 e. The number of para-hydroxylation sites is 2. The van der Waals surface area contributed by atoms with Crippen LogP contribution >= 0.6 is 11.6 Å². The summed E-state index contributed by atoms with van der Waals surface area (Å²) in [7, 11) is 0. The fraction of sp³-hybridized carbons (Fsp3) is 0.188. The molecular formula is C16H13ClF2N4O3. The van der Waals surface area contributed by atoms with Crippen molar-refractivity contribution in [3.8, 4) is 5.75 Å². The van der Waals surface area contributed by atoms with Crippen LogP contribution in [0.2, 0.25) is 5.02 Å². The normalized spacial score (nSPS) is 11.0. The van der Waals surface area contributed by atoms with E-state index in [9.17, 15) is 13.6 Å². The number of aryl methyl sites for hydroxylation is 1. The molecule has 10 heteroatoms. The van der Waals surface area contributed by atoms with Crippen molar-refractivity contribution in [2.24, 2.45) is 0 Å². The second kappa shape index (κ2) is 7.52. The highest BCUT2D eigenvalue weighted by molar-refractivity contribution is 6.30. The number of ether oxygens (including phenoxy) is 1. The van der Waals surface area contributed by atoms with Crippen molar-refractivity contribution in [3.05, 3.63) is 58.7 Å². The van der Waals surface area contributed by atoms with E-state index in [1.807, 2.05) is 0 Å². The number of hydrogen-bond donors (Lipinski definition) is 1. The molecule has 3 rings (SSSR count). The van der Waals surface area contributed by atoms with E-state index in [0.717, 1.165) is 0 Å². The first kappa shape index (κ1) is 17.9. The Hall–Kier alpha value is -2.94. The molecule has 136 valence electrons. The van der Waals surface area contributed by atoms with Crippen LogP contribution in [-0.2, 0) is 6.54 Å². The number of benzene rings is 1. The third kappa shape index (κ3) is 3.99. The largest absolute Gasteiger partial charge is 0.433 e. The Morgan fingerprint density at radius 1 is 1.42 bits per heavy atom. The average Bonchev–Trinajstić information content (AvgIpc) is 3.15. The van der Waals surface area contributed by atoms with Gasteiger partial charge in [-0.05, 0) is 19.1 Å². The number of hydrogen-bond acceptors (Lipinski definition) is 5. The van der Waals surface area contributed by atoms with E-state index in [2.05, 4.69) is 20.3 Å². The van der Waals surface area contributed by atoms with Crippen LogP contribution in [0.1, 0.15) is 21.8 Å². The highest BCUT2D eigenvalue weighted by Gasteiger charge is 2.22. The second-order valence-electron chi connectivity index (χ2n) is 5.25. The van der Waals surface area contributed by atoms with Crippen molar-refractivity contribution in [2.75, 3.05) is 5.32 Å². The van der Waals surface area contributed by atoms with Crippen LogP contribution in [0.4, 0.5) is 14.5 Å². The molecule has 0 aliphatic carbocycles. The van der Waals surface area contributed by atoms with Gasteiger partial charge in [-0.1, -0.05) is 28.9 Å². The van der Waals surface area contributed by atoms with Gasteiger partial charge in [-0.15, -0.1) is 0 Å². The van der Waals surface area contributed by atoms with Crippen LogP contribution in [0.15, 0.2) is 41.2 Å². The molecule has 0 atom stereocenters. The minimum atomic E-state index is -3.01. The highest BCUT2D eigenvalue weighted by Crippen LogP contribution is 2.26. The molecule has 3 aromatic rings. The molecule has 0 radical (unpaired) electrons. The van der Waals surface area contributed by atoms with E-state index in [-0.39, 0.29) is 23.7 Å². The number of rotatable bonds is 6. The van der Waals surface area contributed by atoms with Crippen LogP contribution in [0.5, 0.6) is 5.75 Å². The van der Waals surface area contributed by atoms with Crippen LogP contribution in [0, 0.1) is 6.92 Å². The molecule has 0 unspecified atom stereocenters. The molecule has 0 aliphatic heterocycles. The Kier molecular flexibility index (Phi) is 5.17. The second-order valence-corrected chi connectivity index (χ2v) is 5.69. The Bertz CT molecular complexity index is 926. The highest BCUT2D eigenvalue weighted by atomic mass is 35.5. The third-order valence-electron chi connectivity index (χ3n) is 3.47. The zero-order chi connectivity index (χ0) is 18.7. The first-order valence-corrected chi connectivity index (χ1v) is 7.80. The molecule has 0 spiro atoms. The fourth-order valence-corrected chi connectivity index (χ4v) is 2.45. The van der Waals surface area contributed by atoms with Gasteiger partial charge in [0.15, 0.2) is 5.69 Å². The number of anilines is 1. The number of aromatic nitrogens is 3. The van der Waals surface area contributed by atoms with E-state index >= 15 is 0 Å². The Morgan fingerprint density at radius 2 is 2.19 bits per heavy atom. The number of alkyl halides is 2. The maximum absolute atomic E-state index is 12.5. The van der Waals surface area contributed by atoms with E-state index in [0.29, 0.717) is 16.3 Å². The molecule has 0 fully saturated rings. The van der Waals surface area contributed by atoms with Gasteiger partial charge < -0.3 is 14.6 Å². The molecule has 2 aromatic heterocycles. The summed E-state index contributed by atoms with van der Waals surface area (Å²) in [4.78, 5) is 12.5. The average molecular weight is 383 g/mol. The van der Waals surface area contributed by atoms with Gasteiger partial charge in [0.2, 0.25) is 0 Å². The van der Waals surface area contributed by atoms with E-state index in [1.165, 1.54) is 29.1 Å². The van der Waals surface area contributed by atoms with Gasteiger partial charge in [0.05, 0.1) is 23.5 Å². The topological polar surface area (TPSA) is 82.2 Å². The summed E-state index contributed by atoms with van der Waals surface area (Å²) in [5.41, 5.74) is 0.599. The lowest BCUT2D eigenvalue weighted by Crippen LogP contribution is -2.17. The summed E-state index contributed by atoms with van der Waals surface area (Å²) in [5, 5.41) is 10.7. The van der Waals surface area contributed by atoms with Gasteiger partial charge in [-0.25, -0.2) is 0 Å². The Morgan fingerprint density at radius 3 is 2.88 bits per heavy atom. The molecule has 1 aromatic carbocycles. The standard InChI is InChI=1S/C16H13ClF2N4O3/c1-9-11(8-23-7-10(17)6-20-23)14(22-26-9)15(24)21-12-4-2-3-5-13(12)25-16(18)19/h2-7,16H,8H2,1H3,(H,21,24). The van der Waals surface area contributed by atoms with Crippen molar-refractivity contribution in [1.82, 2.24) is 14.9 Å². The summed E-state index contributed by atoms with van der Waals surface area (Å²) >= 11 is 5.83. The summed E-state index contributed by atoms with van der Waals surface area (Å²) in [5.74, 6) is -0.351. The van der Waals surface area contributed by atoms with Crippen LogP contribution in [0.3, 0.4) is 0 Å². The van der Waals surface area contributed by atoms with E-state index in [1.54, 1.807) is 19.2 Å². The van der Waals surface area contributed by atoms with Gasteiger partial charge in [0.1, 0.15) is 11.5 Å². The van der Waals surface area contributed by atoms with Crippen molar-refractivity contribution >= 4 is 23.2 Å². The zero-order valence-electron chi connectivity index (χ0n) is 13.4. The van der Waals surface area contributed by atoms with Gasteiger partial charge in [0.25, 0.3) is 5.91 Å². The number of halogens is 3. The van der Waals surface area contributed by atoms with Gasteiger partial charge in [-0.2, -0.15) is 13.9 Å². The third-order valence-corrected chi connectivity index (χ3v) is 3.67. The van der Waals surface area contributed by atoms with E-state index < -0.39 is 12.5 Å². The lowest BCUT2D eigenvalue weighted by atomic mass is 10.1. The first-order chi connectivity index (χ1) is 12.4. The number of nitrogens with zero attached hydrogens (tertiary/aromatic N) is 3. The quantitative estimate of drug-likeness (QED) is 0.702. The molecule has 7 nitrogen and oxygen atoms in total. The predicted molar refractivity (Wildman–Crippen MR) is 88.6 cm³/mol. The molecule has 1 amide bonds. The van der Waals surface area contributed by atoms with Crippen LogP contribution in [-0.4, -0.2) is 27.5 Å². The molecule has 1 N–H and O–H groups in total. The molecule has 0 bridgehead atoms. The monoisotopic (exact) mass is 382 g/mol. The number of amides is 1.